The van der Waals surface area contributed by atoms with Gasteiger partial charge >= 0.3 is 0 Å². The summed E-state index contributed by atoms with van der Waals surface area (Å²) >= 11 is 6.02. The molecule has 2 rings (SSSR count). The first-order chi connectivity index (χ1) is 10.5. The van der Waals surface area contributed by atoms with E-state index in [9.17, 15) is 9.59 Å². The second-order valence-corrected chi connectivity index (χ2v) is 6.35. The van der Waals surface area contributed by atoms with Crippen LogP contribution in [-0.2, 0) is 9.59 Å². The molecule has 5 heteroatoms. The number of hydrogen-bond donors (Lipinski definition) is 2. The van der Waals surface area contributed by atoms with Gasteiger partial charge in [-0.15, -0.1) is 0 Å². The van der Waals surface area contributed by atoms with Crippen LogP contribution in [0, 0.1) is 6.92 Å². The van der Waals surface area contributed by atoms with E-state index in [1.54, 1.807) is 12.1 Å². The molecule has 1 aliphatic carbocycles. The van der Waals surface area contributed by atoms with E-state index in [-0.39, 0.29) is 24.3 Å². The van der Waals surface area contributed by atoms with Crippen LogP contribution >= 0.6 is 11.6 Å². The zero-order valence-corrected chi connectivity index (χ0v) is 13.7. The summed E-state index contributed by atoms with van der Waals surface area (Å²) in [4.78, 5) is 23.9. The molecule has 22 heavy (non-hydrogen) atoms. The van der Waals surface area contributed by atoms with Crippen molar-refractivity contribution in [2.45, 2.75) is 57.9 Å². The largest absolute Gasteiger partial charge is 0.353 e. The third kappa shape index (κ3) is 5.34. The Morgan fingerprint density at radius 1 is 1.14 bits per heavy atom. The van der Waals surface area contributed by atoms with Crippen molar-refractivity contribution in [3.63, 3.8) is 0 Å². The number of benzene rings is 1. The van der Waals surface area contributed by atoms with Gasteiger partial charge in [0.1, 0.15) is 6.42 Å². The number of nitrogens with one attached hydrogen (secondary N) is 2. The molecule has 1 aliphatic rings. The highest BCUT2D eigenvalue weighted by atomic mass is 35.5. The van der Waals surface area contributed by atoms with Crippen LogP contribution in [0.15, 0.2) is 18.2 Å². The van der Waals surface area contributed by atoms with Gasteiger partial charge in [0.15, 0.2) is 0 Å². The smallest absolute Gasteiger partial charge is 0.233 e. The van der Waals surface area contributed by atoms with E-state index in [2.05, 4.69) is 10.6 Å². The van der Waals surface area contributed by atoms with E-state index >= 15 is 0 Å². The van der Waals surface area contributed by atoms with E-state index in [1.807, 2.05) is 13.0 Å². The summed E-state index contributed by atoms with van der Waals surface area (Å²) in [5.41, 5.74) is 1.56. The summed E-state index contributed by atoms with van der Waals surface area (Å²) in [7, 11) is 0. The van der Waals surface area contributed by atoms with Gasteiger partial charge in [-0.05, 0) is 37.5 Å². The quantitative estimate of drug-likeness (QED) is 0.654. The van der Waals surface area contributed by atoms with E-state index < -0.39 is 0 Å². The summed E-state index contributed by atoms with van der Waals surface area (Å²) in [6.45, 7) is 1.90. The predicted molar refractivity (Wildman–Crippen MR) is 89.1 cm³/mol. The van der Waals surface area contributed by atoms with Crippen molar-refractivity contribution in [2.24, 2.45) is 0 Å². The number of carbonyl (C=O) groups excluding carboxylic acids is 2. The van der Waals surface area contributed by atoms with Crippen molar-refractivity contribution in [2.75, 3.05) is 5.32 Å². The lowest BCUT2D eigenvalue weighted by Gasteiger charge is -2.16. The van der Waals surface area contributed by atoms with E-state index in [1.165, 1.54) is 12.8 Å². The number of halogens is 1. The van der Waals surface area contributed by atoms with Crippen LogP contribution < -0.4 is 10.6 Å². The highest BCUT2D eigenvalue weighted by molar-refractivity contribution is 6.31. The minimum Gasteiger partial charge on any atom is -0.353 e. The number of rotatable bonds is 4. The Hall–Kier alpha value is -1.55. The molecule has 0 bridgehead atoms. The molecule has 0 atom stereocenters. The van der Waals surface area contributed by atoms with Crippen LogP contribution in [0.3, 0.4) is 0 Å². The molecule has 0 radical (unpaired) electrons. The van der Waals surface area contributed by atoms with E-state index in [0.29, 0.717) is 10.7 Å². The van der Waals surface area contributed by atoms with Gasteiger partial charge in [0, 0.05) is 16.8 Å². The number of carbonyl (C=O) groups is 2. The maximum Gasteiger partial charge on any atom is 0.233 e. The fraction of sp³-hybridized carbons (Fsp3) is 0.529. The molecule has 0 spiro atoms. The zero-order valence-electron chi connectivity index (χ0n) is 13.0. The molecule has 2 amide bonds. The zero-order chi connectivity index (χ0) is 15.9. The Morgan fingerprint density at radius 2 is 1.82 bits per heavy atom. The molecule has 1 fully saturated rings. The monoisotopic (exact) mass is 322 g/mol. The standard InChI is InChI=1S/C17H23ClN2O2/c1-12-8-9-14(10-15(12)18)20-17(22)11-16(21)19-13-6-4-2-3-5-7-13/h8-10,13H,2-7,11H2,1H3,(H,19,21)(H,20,22). The molecule has 0 aromatic heterocycles. The molecule has 0 heterocycles. The molecular weight excluding hydrogens is 300 g/mol. The van der Waals surface area contributed by atoms with Crippen LogP contribution in [0.25, 0.3) is 0 Å². The number of aryl methyl sites for hydroxylation is 1. The normalized spacial score (nSPS) is 15.9. The first-order valence-corrected chi connectivity index (χ1v) is 8.28. The third-order valence-electron chi connectivity index (χ3n) is 4.00. The molecule has 120 valence electrons. The van der Waals surface area contributed by atoms with Crippen molar-refractivity contribution >= 4 is 29.1 Å². The molecule has 2 N–H and O–H groups in total. The SMILES string of the molecule is Cc1ccc(NC(=O)CC(=O)NC2CCCCCC2)cc1Cl. The molecule has 0 aliphatic heterocycles. The summed E-state index contributed by atoms with van der Waals surface area (Å²) in [6.07, 6.45) is 6.66. The number of amides is 2. The molecular formula is C17H23ClN2O2. The van der Waals surface area contributed by atoms with Gasteiger partial charge in [0.25, 0.3) is 0 Å². The lowest BCUT2D eigenvalue weighted by molar-refractivity contribution is -0.127. The first kappa shape index (κ1) is 16.8. The molecule has 4 nitrogen and oxygen atoms in total. The first-order valence-electron chi connectivity index (χ1n) is 7.90. The fourth-order valence-electron chi connectivity index (χ4n) is 2.72. The van der Waals surface area contributed by atoms with Gasteiger partial charge in [-0.3, -0.25) is 9.59 Å². The molecule has 0 unspecified atom stereocenters. The average Bonchev–Trinajstić information content (AvgIpc) is 2.71. The minimum atomic E-state index is -0.314. The predicted octanol–water partition coefficient (Wildman–Crippen LogP) is 3.82. The Morgan fingerprint density at radius 3 is 2.45 bits per heavy atom. The number of anilines is 1. The van der Waals surface area contributed by atoms with Gasteiger partial charge in [-0.2, -0.15) is 0 Å². The molecule has 0 saturated heterocycles. The summed E-state index contributed by atoms with van der Waals surface area (Å²) in [5.74, 6) is -0.520. The van der Waals surface area contributed by atoms with Gasteiger partial charge in [-0.1, -0.05) is 43.4 Å². The van der Waals surface area contributed by atoms with Crippen molar-refractivity contribution in [3.8, 4) is 0 Å². The van der Waals surface area contributed by atoms with E-state index in [0.717, 1.165) is 31.2 Å². The maximum absolute atomic E-state index is 11.9. The van der Waals surface area contributed by atoms with Crippen molar-refractivity contribution in [1.82, 2.24) is 5.32 Å². The summed E-state index contributed by atoms with van der Waals surface area (Å²) in [6, 6.07) is 5.53. The Labute approximate surface area is 136 Å². The summed E-state index contributed by atoms with van der Waals surface area (Å²) < 4.78 is 0. The Bertz CT molecular complexity index is 537. The second kappa shape index (κ2) is 8.18. The highest BCUT2D eigenvalue weighted by Gasteiger charge is 2.16. The Balaban J connectivity index is 1.80. The topological polar surface area (TPSA) is 58.2 Å². The average molecular weight is 323 g/mol. The minimum absolute atomic E-state index is 0.151. The third-order valence-corrected chi connectivity index (χ3v) is 4.40. The lowest BCUT2D eigenvalue weighted by Crippen LogP contribution is -2.36. The van der Waals surface area contributed by atoms with Gasteiger partial charge in [0.05, 0.1) is 0 Å². The van der Waals surface area contributed by atoms with E-state index in [4.69, 9.17) is 11.6 Å². The van der Waals surface area contributed by atoms with Crippen LogP contribution in [0.1, 0.15) is 50.5 Å². The van der Waals surface area contributed by atoms with Crippen molar-refractivity contribution < 1.29 is 9.59 Å². The Kier molecular flexibility index (Phi) is 6.25. The van der Waals surface area contributed by atoms with Gasteiger partial charge in [0.2, 0.25) is 11.8 Å². The second-order valence-electron chi connectivity index (χ2n) is 5.94. The fourth-order valence-corrected chi connectivity index (χ4v) is 2.90. The number of hydrogen-bond acceptors (Lipinski definition) is 2. The molecule has 1 aromatic rings. The summed E-state index contributed by atoms with van der Waals surface area (Å²) in [5, 5.41) is 6.27. The van der Waals surface area contributed by atoms with Crippen LogP contribution in [0.2, 0.25) is 5.02 Å². The van der Waals surface area contributed by atoms with Gasteiger partial charge in [-0.25, -0.2) is 0 Å². The van der Waals surface area contributed by atoms with Crippen LogP contribution in [0.4, 0.5) is 5.69 Å². The van der Waals surface area contributed by atoms with Crippen LogP contribution in [-0.4, -0.2) is 17.9 Å². The van der Waals surface area contributed by atoms with Crippen molar-refractivity contribution in [1.29, 1.82) is 0 Å². The highest BCUT2D eigenvalue weighted by Crippen LogP contribution is 2.20. The lowest BCUT2D eigenvalue weighted by atomic mass is 10.1. The molecule has 1 aromatic carbocycles. The van der Waals surface area contributed by atoms with Crippen LogP contribution in [0.5, 0.6) is 0 Å². The van der Waals surface area contributed by atoms with Gasteiger partial charge < -0.3 is 10.6 Å². The molecule has 1 saturated carbocycles. The maximum atomic E-state index is 11.9. The van der Waals surface area contributed by atoms with Crippen molar-refractivity contribution in [3.05, 3.63) is 28.8 Å².